The quantitative estimate of drug-likeness (QED) is 0.487. The number of rotatable bonds is 5. The van der Waals surface area contributed by atoms with Crippen LogP contribution >= 0.6 is 0 Å². The molecule has 170 valence electrons. The first-order chi connectivity index (χ1) is 16.1. The largest absolute Gasteiger partial charge is 0.480 e. The third kappa shape index (κ3) is 3.84. The number of aryl methyl sites for hydroxylation is 1. The predicted octanol–water partition coefficient (Wildman–Crippen LogP) is 2.58. The molecule has 0 bridgehead atoms. The van der Waals surface area contributed by atoms with Crippen molar-refractivity contribution in [1.29, 1.82) is 0 Å². The number of nitrogens with one attached hydrogen (secondary N) is 2. The topological polar surface area (TPSA) is 101 Å². The van der Waals surface area contributed by atoms with E-state index >= 15 is 0 Å². The van der Waals surface area contributed by atoms with Gasteiger partial charge in [0.25, 0.3) is 5.56 Å². The van der Waals surface area contributed by atoms with Crippen molar-refractivity contribution in [3.05, 3.63) is 52.8 Å². The van der Waals surface area contributed by atoms with Crippen LogP contribution in [0.25, 0.3) is 33.7 Å². The predicted molar refractivity (Wildman–Crippen MR) is 129 cm³/mol. The monoisotopic (exact) mass is 445 g/mol. The number of hydrogen-bond acceptors (Lipinski definition) is 7. The fraction of sp³-hybridized carbons (Fsp3) is 0.333. The maximum atomic E-state index is 13.1. The Bertz CT molecular complexity index is 1340. The molecule has 5 rings (SSSR count). The molecule has 3 aromatic heterocycles. The first-order valence-corrected chi connectivity index (χ1v) is 11.1. The summed E-state index contributed by atoms with van der Waals surface area (Å²) in [5, 5.41) is 8.37. The van der Waals surface area contributed by atoms with Crippen LogP contribution in [0.1, 0.15) is 12.8 Å². The third-order valence-electron chi connectivity index (χ3n) is 6.26. The molecule has 4 heterocycles. The summed E-state index contributed by atoms with van der Waals surface area (Å²) in [6, 6.07) is 14.0. The van der Waals surface area contributed by atoms with Crippen LogP contribution in [0.15, 0.2) is 47.3 Å². The Morgan fingerprint density at radius 3 is 2.55 bits per heavy atom. The summed E-state index contributed by atoms with van der Waals surface area (Å²) >= 11 is 0. The van der Waals surface area contributed by atoms with E-state index in [2.05, 4.69) is 20.3 Å². The van der Waals surface area contributed by atoms with Gasteiger partial charge >= 0.3 is 0 Å². The van der Waals surface area contributed by atoms with Crippen molar-refractivity contribution in [2.45, 2.75) is 18.9 Å². The second-order valence-electron chi connectivity index (χ2n) is 8.23. The van der Waals surface area contributed by atoms with Gasteiger partial charge in [-0.05, 0) is 32.0 Å². The molecule has 1 fully saturated rings. The summed E-state index contributed by atoms with van der Waals surface area (Å²) < 4.78 is 7.23. The number of nitrogens with zero attached hydrogens (tertiary/aromatic N) is 5. The highest BCUT2D eigenvalue weighted by Crippen LogP contribution is 2.31. The zero-order valence-corrected chi connectivity index (χ0v) is 19.0. The van der Waals surface area contributed by atoms with Crippen molar-refractivity contribution >= 4 is 16.9 Å². The van der Waals surface area contributed by atoms with Crippen molar-refractivity contribution in [3.63, 3.8) is 0 Å². The molecule has 0 saturated carbocycles. The minimum atomic E-state index is -0.248. The van der Waals surface area contributed by atoms with E-state index in [1.54, 1.807) is 18.8 Å². The summed E-state index contributed by atoms with van der Waals surface area (Å²) in [6.07, 6.45) is 2.13. The second kappa shape index (κ2) is 8.67. The summed E-state index contributed by atoms with van der Waals surface area (Å²) in [7, 11) is 5.38. The molecular formula is C24H27N7O2. The number of H-pyrrole nitrogens is 1. The smallest absolute Gasteiger partial charge is 0.262 e. The van der Waals surface area contributed by atoms with Gasteiger partial charge in [0, 0.05) is 31.7 Å². The van der Waals surface area contributed by atoms with Crippen molar-refractivity contribution < 1.29 is 4.74 Å². The highest BCUT2D eigenvalue weighted by Gasteiger charge is 2.22. The number of benzene rings is 1. The van der Waals surface area contributed by atoms with E-state index < -0.39 is 0 Å². The van der Waals surface area contributed by atoms with E-state index in [0.29, 0.717) is 40.0 Å². The number of pyridine rings is 1. The molecule has 1 aliphatic heterocycles. The van der Waals surface area contributed by atoms with Crippen LogP contribution in [-0.2, 0) is 7.05 Å². The first kappa shape index (κ1) is 21.1. The number of fused-ring (bicyclic) bond motifs is 1. The molecule has 0 atom stereocenters. The molecule has 4 aromatic rings. The van der Waals surface area contributed by atoms with Gasteiger partial charge in [-0.2, -0.15) is 10.1 Å². The minimum Gasteiger partial charge on any atom is -0.480 e. The zero-order valence-electron chi connectivity index (χ0n) is 19.0. The molecule has 0 unspecified atom stereocenters. The molecule has 0 spiro atoms. The highest BCUT2D eigenvalue weighted by molar-refractivity contribution is 5.91. The number of aromatic nitrogens is 5. The van der Waals surface area contributed by atoms with E-state index in [1.165, 1.54) is 0 Å². The summed E-state index contributed by atoms with van der Waals surface area (Å²) in [6.45, 7) is 1.86. The second-order valence-corrected chi connectivity index (χ2v) is 8.23. The molecule has 0 amide bonds. The van der Waals surface area contributed by atoms with Gasteiger partial charge in [0.15, 0.2) is 5.65 Å². The lowest BCUT2D eigenvalue weighted by Crippen LogP contribution is -2.41. The Morgan fingerprint density at radius 1 is 1.09 bits per heavy atom. The van der Waals surface area contributed by atoms with Crippen LogP contribution in [0.3, 0.4) is 0 Å². The number of aromatic amines is 1. The van der Waals surface area contributed by atoms with Crippen molar-refractivity contribution in [2.75, 3.05) is 32.1 Å². The van der Waals surface area contributed by atoms with E-state index in [9.17, 15) is 4.79 Å². The van der Waals surface area contributed by atoms with Gasteiger partial charge < -0.3 is 19.9 Å². The number of methoxy groups -OCH3 is 1. The van der Waals surface area contributed by atoms with Gasteiger partial charge in [-0.1, -0.05) is 30.3 Å². The Kier molecular flexibility index (Phi) is 5.55. The van der Waals surface area contributed by atoms with E-state index in [1.807, 2.05) is 49.5 Å². The molecule has 1 aliphatic rings. The molecular weight excluding hydrogens is 418 g/mol. The average molecular weight is 446 g/mol. The van der Waals surface area contributed by atoms with Crippen LogP contribution in [0, 0.1) is 0 Å². The fourth-order valence-corrected chi connectivity index (χ4v) is 4.42. The molecule has 0 radical (unpaired) electrons. The average Bonchev–Trinajstić information content (AvgIpc) is 3.21. The van der Waals surface area contributed by atoms with Crippen molar-refractivity contribution in [2.24, 2.45) is 7.05 Å². The molecule has 0 aliphatic carbocycles. The van der Waals surface area contributed by atoms with Gasteiger partial charge in [-0.25, -0.2) is 9.67 Å². The summed E-state index contributed by atoms with van der Waals surface area (Å²) in [5.74, 6) is 1.69. The van der Waals surface area contributed by atoms with E-state index in [0.717, 1.165) is 37.3 Å². The van der Waals surface area contributed by atoms with Crippen molar-refractivity contribution in [1.82, 2.24) is 30.0 Å². The first-order valence-electron chi connectivity index (χ1n) is 11.1. The van der Waals surface area contributed by atoms with Gasteiger partial charge in [-0.3, -0.25) is 4.79 Å². The van der Waals surface area contributed by atoms with Crippen LogP contribution in [-0.4, -0.2) is 58.0 Å². The molecule has 1 aromatic carbocycles. The lowest BCUT2D eigenvalue weighted by atomic mass is 10.1. The van der Waals surface area contributed by atoms with Crippen molar-refractivity contribution in [3.8, 4) is 28.5 Å². The van der Waals surface area contributed by atoms with Crippen LogP contribution in [0.4, 0.5) is 5.82 Å². The van der Waals surface area contributed by atoms with Gasteiger partial charge in [0.2, 0.25) is 5.88 Å². The van der Waals surface area contributed by atoms with Gasteiger partial charge in [0.1, 0.15) is 22.7 Å². The molecule has 1 saturated heterocycles. The van der Waals surface area contributed by atoms with Gasteiger partial charge in [0.05, 0.1) is 12.7 Å². The number of hydrogen-bond donors (Lipinski definition) is 2. The maximum Gasteiger partial charge on any atom is 0.262 e. The highest BCUT2D eigenvalue weighted by atomic mass is 16.5. The SMILES string of the molecule is CNC1CCN(c2ccc(-c3nc4c(c(-c5ccccc5)nn4C)c(=O)[nH]3)c(OC)n2)CC1. The van der Waals surface area contributed by atoms with E-state index in [-0.39, 0.29) is 5.56 Å². The molecule has 2 N–H and O–H groups in total. The number of piperidine rings is 1. The molecule has 33 heavy (non-hydrogen) atoms. The van der Waals surface area contributed by atoms with Gasteiger partial charge in [-0.15, -0.1) is 0 Å². The van der Waals surface area contributed by atoms with E-state index in [4.69, 9.17) is 14.7 Å². The molecule has 9 heteroatoms. The standard InChI is InChI=1S/C24H27N7O2/c1-25-16-11-13-31(14-12-16)18-10-9-17(24(26-18)33-3)21-27-22-19(23(32)28-21)20(29-30(22)2)15-7-5-4-6-8-15/h4-10,16,25H,11-14H2,1-3H3,(H,27,28,32). The third-order valence-corrected chi connectivity index (χ3v) is 6.26. The normalized spacial score (nSPS) is 14.7. The Morgan fingerprint density at radius 2 is 1.85 bits per heavy atom. The number of ether oxygens (including phenoxy) is 1. The zero-order chi connectivity index (χ0) is 22.9. The fourth-order valence-electron chi connectivity index (χ4n) is 4.42. The number of anilines is 1. The Hall–Kier alpha value is -3.72. The summed E-state index contributed by atoms with van der Waals surface area (Å²) in [5.41, 5.74) is 2.37. The van der Waals surface area contributed by atoms with Crippen LogP contribution < -0.4 is 20.5 Å². The van der Waals surface area contributed by atoms with Crippen LogP contribution in [0.5, 0.6) is 5.88 Å². The lowest BCUT2D eigenvalue weighted by Gasteiger charge is -2.32. The minimum absolute atomic E-state index is 0.248. The Balaban J connectivity index is 1.54. The molecule has 9 nitrogen and oxygen atoms in total. The summed E-state index contributed by atoms with van der Waals surface area (Å²) in [4.78, 5) is 27.8. The Labute approximate surface area is 191 Å². The maximum absolute atomic E-state index is 13.1. The lowest BCUT2D eigenvalue weighted by molar-refractivity contribution is 0.397. The van der Waals surface area contributed by atoms with Crippen LogP contribution in [0.2, 0.25) is 0 Å².